The summed E-state index contributed by atoms with van der Waals surface area (Å²) in [5.74, 6) is 0.765. The van der Waals surface area contributed by atoms with Crippen molar-refractivity contribution in [3.8, 4) is 11.5 Å². The average molecular weight is 433 g/mol. The predicted octanol–water partition coefficient (Wildman–Crippen LogP) is 2.71. The van der Waals surface area contributed by atoms with Gasteiger partial charge in [-0.15, -0.1) is 0 Å². The maximum Gasteiger partial charge on any atom is 0.263 e. The molecule has 2 aromatic rings. The molecule has 1 unspecified atom stereocenters. The minimum absolute atomic E-state index is 0.0573. The van der Waals surface area contributed by atoms with E-state index < -0.39 is 16.1 Å². The second-order valence-corrected chi connectivity index (χ2v) is 10.2. The lowest BCUT2D eigenvalue weighted by Crippen LogP contribution is -2.51. The summed E-state index contributed by atoms with van der Waals surface area (Å²) in [6, 6.07) is 14.6. The van der Waals surface area contributed by atoms with Crippen LogP contribution >= 0.6 is 0 Å². The Kier molecular flexibility index (Phi) is 6.26. The van der Waals surface area contributed by atoms with E-state index in [4.69, 9.17) is 9.47 Å². The normalized spacial score (nSPS) is 16.4. The number of amides is 1. The molecule has 1 heterocycles. The maximum absolute atomic E-state index is 12.6. The largest absolute Gasteiger partial charge is 0.491 e. The van der Waals surface area contributed by atoms with E-state index in [1.54, 1.807) is 24.3 Å². The van der Waals surface area contributed by atoms with Crippen molar-refractivity contribution in [1.29, 1.82) is 0 Å². The van der Waals surface area contributed by atoms with E-state index in [9.17, 15) is 13.2 Å². The zero-order valence-electron chi connectivity index (χ0n) is 17.7. The fourth-order valence-electron chi connectivity index (χ4n) is 3.31. The van der Waals surface area contributed by atoms with Crippen LogP contribution in [0.1, 0.15) is 26.3 Å². The van der Waals surface area contributed by atoms with Crippen molar-refractivity contribution in [2.45, 2.75) is 32.3 Å². The SMILES string of the molecule is CC(C)(C)c1ccccc1OCCNC(=O)C1CN(S(C)(=O)=O)c2ccccc2O1. The van der Waals surface area contributed by atoms with Gasteiger partial charge in [0.15, 0.2) is 6.10 Å². The van der Waals surface area contributed by atoms with Crippen LogP contribution in [0, 0.1) is 0 Å². The Morgan fingerprint density at radius 2 is 1.83 bits per heavy atom. The number of hydrogen-bond acceptors (Lipinski definition) is 5. The van der Waals surface area contributed by atoms with Crippen LogP contribution in [0.25, 0.3) is 0 Å². The first-order valence-corrected chi connectivity index (χ1v) is 11.7. The fraction of sp³-hybridized carbons (Fsp3) is 0.409. The molecule has 0 saturated heterocycles. The molecule has 0 fully saturated rings. The van der Waals surface area contributed by atoms with Crippen LogP contribution in [0.5, 0.6) is 11.5 Å². The number of sulfonamides is 1. The van der Waals surface area contributed by atoms with Crippen LogP contribution in [0.4, 0.5) is 5.69 Å². The van der Waals surface area contributed by atoms with Crippen molar-refractivity contribution in [3.63, 3.8) is 0 Å². The van der Waals surface area contributed by atoms with Crippen molar-refractivity contribution in [1.82, 2.24) is 5.32 Å². The predicted molar refractivity (Wildman–Crippen MR) is 117 cm³/mol. The summed E-state index contributed by atoms with van der Waals surface area (Å²) in [4.78, 5) is 12.6. The third kappa shape index (κ3) is 5.05. The van der Waals surface area contributed by atoms with Crippen molar-refractivity contribution >= 4 is 21.6 Å². The van der Waals surface area contributed by atoms with Gasteiger partial charge in [0.2, 0.25) is 10.0 Å². The molecule has 2 aromatic carbocycles. The number of hydrogen-bond donors (Lipinski definition) is 1. The van der Waals surface area contributed by atoms with E-state index in [1.165, 1.54) is 4.31 Å². The van der Waals surface area contributed by atoms with E-state index in [0.29, 0.717) is 11.4 Å². The highest BCUT2D eigenvalue weighted by Crippen LogP contribution is 2.34. The summed E-state index contributed by atoms with van der Waals surface area (Å²) < 4.78 is 37.1. The van der Waals surface area contributed by atoms with Crippen LogP contribution in [-0.4, -0.2) is 46.4 Å². The van der Waals surface area contributed by atoms with E-state index in [1.807, 2.05) is 24.3 Å². The summed E-state index contributed by atoms with van der Waals surface area (Å²) in [6.45, 7) is 6.83. The van der Waals surface area contributed by atoms with E-state index in [0.717, 1.165) is 17.6 Å². The van der Waals surface area contributed by atoms with Crippen LogP contribution in [0.2, 0.25) is 0 Å². The number of para-hydroxylation sites is 3. The lowest BCUT2D eigenvalue weighted by molar-refractivity contribution is -0.127. The lowest BCUT2D eigenvalue weighted by atomic mass is 9.86. The topological polar surface area (TPSA) is 84.9 Å². The van der Waals surface area contributed by atoms with Gasteiger partial charge >= 0.3 is 0 Å². The average Bonchev–Trinajstić information content (AvgIpc) is 2.69. The van der Waals surface area contributed by atoms with Crippen molar-refractivity contribution in [2.75, 3.05) is 30.3 Å². The summed E-state index contributed by atoms with van der Waals surface area (Å²) in [5.41, 5.74) is 1.47. The van der Waals surface area contributed by atoms with E-state index >= 15 is 0 Å². The van der Waals surface area contributed by atoms with Gasteiger partial charge in [0, 0.05) is 0 Å². The van der Waals surface area contributed by atoms with Crippen molar-refractivity contribution in [3.05, 3.63) is 54.1 Å². The second-order valence-electron chi connectivity index (χ2n) is 8.25. The number of ether oxygens (including phenoxy) is 2. The van der Waals surface area contributed by atoms with Gasteiger partial charge in [-0.25, -0.2) is 8.42 Å². The Labute approximate surface area is 178 Å². The molecule has 0 spiro atoms. The highest BCUT2D eigenvalue weighted by molar-refractivity contribution is 7.92. The molecule has 1 atom stereocenters. The molecule has 1 aliphatic heterocycles. The van der Waals surface area contributed by atoms with Crippen LogP contribution in [-0.2, 0) is 20.2 Å². The van der Waals surface area contributed by atoms with Gasteiger partial charge in [-0.3, -0.25) is 9.10 Å². The van der Waals surface area contributed by atoms with Gasteiger partial charge in [0.25, 0.3) is 5.91 Å². The number of carbonyl (C=O) groups excluding carboxylic acids is 1. The Morgan fingerprint density at radius 1 is 1.17 bits per heavy atom. The highest BCUT2D eigenvalue weighted by Gasteiger charge is 2.34. The molecular formula is C22H28N2O5S. The van der Waals surface area contributed by atoms with Gasteiger partial charge in [0.1, 0.15) is 18.1 Å². The van der Waals surface area contributed by atoms with E-state index in [2.05, 4.69) is 26.1 Å². The molecule has 30 heavy (non-hydrogen) atoms. The third-order valence-electron chi connectivity index (χ3n) is 4.78. The zero-order valence-corrected chi connectivity index (χ0v) is 18.5. The van der Waals surface area contributed by atoms with Gasteiger partial charge in [-0.05, 0) is 29.2 Å². The Balaban J connectivity index is 1.60. The quantitative estimate of drug-likeness (QED) is 0.710. The molecule has 1 amide bonds. The van der Waals surface area contributed by atoms with Gasteiger partial charge < -0.3 is 14.8 Å². The van der Waals surface area contributed by atoms with Crippen LogP contribution < -0.4 is 19.1 Å². The molecule has 1 N–H and O–H groups in total. The summed E-state index contributed by atoms with van der Waals surface area (Å²) in [5, 5.41) is 2.77. The molecule has 0 bridgehead atoms. The molecule has 0 radical (unpaired) electrons. The highest BCUT2D eigenvalue weighted by atomic mass is 32.2. The Bertz CT molecular complexity index is 1010. The van der Waals surface area contributed by atoms with Gasteiger partial charge in [0.05, 0.1) is 25.0 Å². The molecule has 0 aromatic heterocycles. The number of nitrogens with zero attached hydrogens (tertiary/aromatic N) is 1. The Morgan fingerprint density at radius 3 is 2.53 bits per heavy atom. The van der Waals surface area contributed by atoms with Gasteiger partial charge in [-0.1, -0.05) is 51.1 Å². The molecule has 0 aliphatic carbocycles. The van der Waals surface area contributed by atoms with Crippen LogP contribution in [0.3, 0.4) is 0 Å². The summed E-state index contributed by atoms with van der Waals surface area (Å²) in [7, 11) is -3.54. The fourth-order valence-corrected chi connectivity index (χ4v) is 4.23. The minimum Gasteiger partial charge on any atom is -0.491 e. The number of anilines is 1. The zero-order chi connectivity index (χ0) is 21.9. The van der Waals surface area contributed by atoms with Crippen molar-refractivity contribution in [2.24, 2.45) is 0 Å². The maximum atomic E-state index is 12.6. The standard InChI is InChI=1S/C22H28N2O5S/c1-22(2,3)16-9-5-7-11-18(16)28-14-13-23-21(25)20-15-24(30(4,26)27)17-10-6-8-12-19(17)29-20/h5-12,20H,13-15H2,1-4H3,(H,23,25). The van der Waals surface area contributed by atoms with Crippen molar-refractivity contribution < 1.29 is 22.7 Å². The van der Waals surface area contributed by atoms with E-state index in [-0.39, 0.29) is 31.0 Å². The number of rotatable bonds is 6. The number of benzene rings is 2. The lowest BCUT2D eigenvalue weighted by Gasteiger charge is -2.33. The molecule has 162 valence electrons. The summed E-state index contributed by atoms with van der Waals surface area (Å²) >= 11 is 0. The first-order valence-electron chi connectivity index (χ1n) is 9.81. The Hall–Kier alpha value is -2.74. The molecular weight excluding hydrogens is 404 g/mol. The van der Waals surface area contributed by atoms with Crippen LogP contribution in [0.15, 0.2) is 48.5 Å². The first kappa shape index (κ1) is 22.0. The molecule has 7 nitrogen and oxygen atoms in total. The number of carbonyl (C=O) groups is 1. The smallest absolute Gasteiger partial charge is 0.263 e. The molecule has 0 saturated carbocycles. The minimum atomic E-state index is -3.54. The number of fused-ring (bicyclic) bond motifs is 1. The molecule has 3 rings (SSSR count). The number of nitrogens with one attached hydrogen (secondary N) is 1. The van der Waals surface area contributed by atoms with Gasteiger partial charge in [-0.2, -0.15) is 0 Å². The monoisotopic (exact) mass is 432 g/mol. The third-order valence-corrected chi connectivity index (χ3v) is 5.93. The molecule has 8 heteroatoms. The molecule has 1 aliphatic rings. The summed E-state index contributed by atoms with van der Waals surface area (Å²) in [6.07, 6.45) is 0.182. The second kappa shape index (κ2) is 8.55. The first-order chi connectivity index (χ1) is 14.1.